The monoisotopic (exact) mass is 288 g/mol. The number of carbonyl (C=O) groups excluding carboxylic acids is 2. The van der Waals surface area contributed by atoms with Crippen molar-refractivity contribution in [3.8, 4) is 0 Å². The van der Waals surface area contributed by atoms with Crippen molar-refractivity contribution in [2.45, 2.75) is 33.1 Å². The van der Waals surface area contributed by atoms with Crippen molar-refractivity contribution >= 4 is 17.4 Å². The number of rotatable bonds is 5. The fraction of sp³-hybridized carbons (Fsp3) is 0.529. The molecule has 1 saturated heterocycles. The number of ketones is 1. The first-order valence-corrected chi connectivity index (χ1v) is 7.69. The minimum atomic E-state index is 0.0657. The van der Waals surface area contributed by atoms with Gasteiger partial charge in [-0.15, -0.1) is 0 Å². The van der Waals surface area contributed by atoms with Crippen LogP contribution in [0.5, 0.6) is 0 Å². The number of amides is 1. The van der Waals surface area contributed by atoms with Crippen molar-refractivity contribution in [1.82, 2.24) is 4.90 Å². The van der Waals surface area contributed by atoms with Crippen LogP contribution in [0.1, 0.15) is 43.5 Å². The second kappa shape index (κ2) is 7.25. The number of anilines is 1. The van der Waals surface area contributed by atoms with Crippen molar-refractivity contribution in [2.75, 3.05) is 25.0 Å². The molecule has 4 heteroatoms. The van der Waals surface area contributed by atoms with E-state index in [4.69, 9.17) is 0 Å². The third kappa shape index (κ3) is 4.59. The smallest absolute Gasteiger partial charge is 0.224 e. The van der Waals surface area contributed by atoms with E-state index in [1.54, 1.807) is 19.1 Å². The van der Waals surface area contributed by atoms with Gasteiger partial charge in [-0.2, -0.15) is 0 Å². The van der Waals surface area contributed by atoms with Gasteiger partial charge in [0.15, 0.2) is 5.78 Å². The summed E-state index contributed by atoms with van der Waals surface area (Å²) in [5.74, 6) is 0.917. The van der Waals surface area contributed by atoms with Crippen LogP contribution in [-0.4, -0.2) is 36.2 Å². The molecule has 1 aliphatic heterocycles. The molecule has 1 unspecified atom stereocenters. The van der Waals surface area contributed by atoms with Crippen molar-refractivity contribution in [3.05, 3.63) is 29.8 Å². The van der Waals surface area contributed by atoms with Crippen LogP contribution in [0, 0.1) is 5.92 Å². The Bertz CT molecular complexity index is 496. The highest BCUT2D eigenvalue weighted by atomic mass is 16.2. The van der Waals surface area contributed by atoms with Gasteiger partial charge in [0.25, 0.3) is 0 Å². The lowest BCUT2D eigenvalue weighted by molar-refractivity contribution is -0.132. The average Bonchev–Trinajstić information content (AvgIpc) is 2.47. The van der Waals surface area contributed by atoms with E-state index in [0.717, 1.165) is 25.2 Å². The maximum atomic E-state index is 12.1. The molecule has 0 bridgehead atoms. The van der Waals surface area contributed by atoms with E-state index < -0.39 is 0 Å². The van der Waals surface area contributed by atoms with Crippen molar-refractivity contribution in [3.63, 3.8) is 0 Å². The van der Waals surface area contributed by atoms with Gasteiger partial charge in [0.1, 0.15) is 0 Å². The summed E-state index contributed by atoms with van der Waals surface area (Å²) in [6, 6.07) is 7.37. The van der Waals surface area contributed by atoms with Crippen molar-refractivity contribution in [2.24, 2.45) is 5.92 Å². The van der Waals surface area contributed by atoms with Crippen LogP contribution in [0.15, 0.2) is 24.3 Å². The molecule has 0 aromatic heterocycles. The third-order valence-corrected chi connectivity index (χ3v) is 3.97. The number of likely N-dealkylation sites (tertiary alicyclic amines) is 1. The predicted octanol–water partition coefficient (Wildman–Crippen LogP) is 2.95. The van der Waals surface area contributed by atoms with E-state index in [9.17, 15) is 9.59 Å². The quantitative estimate of drug-likeness (QED) is 0.847. The van der Waals surface area contributed by atoms with Crippen LogP contribution in [0.25, 0.3) is 0 Å². The number of nitrogens with one attached hydrogen (secondary N) is 1. The molecular weight excluding hydrogens is 264 g/mol. The Labute approximate surface area is 126 Å². The van der Waals surface area contributed by atoms with Crippen LogP contribution in [-0.2, 0) is 4.79 Å². The summed E-state index contributed by atoms with van der Waals surface area (Å²) in [7, 11) is 0. The molecule has 1 aromatic carbocycles. The molecule has 1 atom stereocenters. The molecule has 114 valence electrons. The molecule has 1 N–H and O–H groups in total. The largest absolute Gasteiger partial charge is 0.385 e. The maximum Gasteiger partial charge on any atom is 0.224 e. The highest BCUT2D eigenvalue weighted by Gasteiger charge is 2.20. The number of hydrogen-bond acceptors (Lipinski definition) is 3. The first-order chi connectivity index (χ1) is 10.1. The molecule has 1 fully saturated rings. The highest BCUT2D eigenvalue weighted by molar-refractivity contribution is 5.94. The van der Waals surface area contributed by atoms with E-state index in [1.807, 2.05) is 17.0 Å². The summed E-state index contributed by atoms with van der Waals surface area (Å²) in [6.45, 7) is 6.18. The number of carbonyl (C=O) groups is 2. The Morgan fingerprint density at radius 2 is 2.00 bits per heavy atom. The van der Waals surface area contributed by atoms with Crippen LogP contribution in [0.4, 0.5) is 5.69 Å². The second-order valence-electron chi connectivity index (χ2n) is 5.90. The van der Waals surface area contributed by atoms with Gasteiger partial charge in [0.05, 0.1) is 0 Å². The zero-order valence-corrected chi connectivity index (χ0v) is 12.9. The fourth-order valence-electron chi connectivity index (χ4n) is 2.71. The van der Waals surface area contributed by atoms with Crippen LogP contribution in [0.3, 0.4) is 0 Å². The third-order valence-electron chi connectivity index (χ3n) is 3.97. The molecule has 0 aliphatic carbocycles. The van der Waals surface area contributed by atoms with E-state index in [2.05, 4.69) is 12.2 Å². The van der Waals surface area contributed by atoms with Crippen LogP contribution >= 0.6 is 0 Å². The lowest BCUT2D eigenvalue weighted by atomic mass is 10.00. The molecule has 1 amide bonds. The van der Waals surface area contributed by atoms with Gasteiger partial charge in [-0.25, -0.2) is 0 Å². The summed E-state index contributed by atoms with van der Waals surface area (Å²) < 4.78 is 0. The van der Waals surface area contributed by atoms with E-state index in [-0.39, 0.29) is 11.7 Å². The lowest BCUT2D eigenvalue weighted by Gasteiger charge is -2.31. The van der Waals surface area contributed by atoms with Crippen molar-refractivity contribution in [1.29, 1.82) is 0 Å². The van der Waals surface area contributed by atoms with Crippen molar-refractivity contribution < 1.29 is 9.59 Å². The fourth-order valence-corrected chi connectivity index (χ4v) is 2.71. The maximum absolute atomic E-state index is 12.1. The summed E-state index contributed by atoms with van der Waals surface area (Å²) >= 11 is 0. The summed E-state index contributed by atoms with van der Waals surface area (Å²) in [5.41, 5.74) is 1.65. The van der Waals surface area contributed by atoms with E-state index in [1.165, 1.54) is 6.42 Å². The van der Waals surface area contributed by atoms with E-state index in [0.29, 0.717) is 24.4 Å². The standard InChI is InChI=1S/C17H24N2O2/c1-13-4-3-11-19(12-13)17(21)9-10-18-16-7-5-15(6-8-16)14(2)20/h5-8,13,18H,3-4,9-12H2,1-2H3. The number of piperidine rings is 1. The molecular formula is C17H24N2O2. The summed E-state index contributed by atoms with van der Waals surface area (Å²) in [4.78, 5) is 25.3. The zero-order chi connectivity index (χ0) is 15.2. The highest BCUT2D eigenvalue weighted by Crippen LogP contribution is 2.16. The number of benzene rings is 1. The molecule has 1 heterocycles. The molecule has 21 heavy (non-hydrogen) atoms. The topological polar surface area (TPSA) is 49.4 Å². The zero-order valence-electron chi connectivity index (χ0n) is 12.9. The predicted molar refractivity (Wildman–Crippen MR) is 84.5 cm³/mol. The molecule has 0 saturated carbocycles. The minimum absolute atomic E-state index is 0.0657. The second-order valence-corrected chi connectivity index (χ2v) is 5.90. The summed E-state index contributed by atoms with van der Waals surface area (Å²) in [5, 5.41) is 3.23. The van der Waals surface area contributed by atoms with Gasteiger partial charge in [0.2, 0.25) is 5.91 Å². The molecule has 1 aromatic rings. The Morgan fingerprint density at radius 1 is 1.29 bits per heavy atom. The van der Waals surface area contributed by atoms with Gasteiger partial charge in [-0.3, -0.25) is 9.59 Å². The first-order valence-electron chi connectivity index (χ1n) is 7.69. The number of hydrogen-bond donors (Lipinski definition) is 1. The van der Waals surface area contributed by atoms with Crippen LogP contribution < -0.4 is 5.32 Å². The number of Topliss-reactive ketones (excluding diaryl/α,β-unsaturated/α-hetero) is 1. The first kappa shape index (κ1) is 15.5. The lowest BCUT2D eigenvalue weighted by Crippen LogP contribution is -2.39. The van der Waals surface area contributed by atoms with Gasteiger partial charge in [0, 0.05) is 37.3 Å². The Kier molecular flexibility index (Phi) is 5.37. The SMILES string of the molecule is CC(=O)c1ccc(NCCC(=O)N2CCCC(C)C2)cc1. The van der Waals surface area contributed by atoms with Gasteiger partial charge in [-0.1, -0.05) is 6.92 Å². The van der Waals surface area contributed by atoms with Crippen LogP contribution in [0.2, 0.25) is 0 Å². The number of nitrogens with zero attached hydrogens (tertiary/aromatic N) is 1. The molecule has 4 nitrogen and oxygen atoms in total. The molecule has 2 rings (SSSR count). The minimum Gasteiger partial charge on any atom is -0.385 e. The van der Waals surface area contributed by atoms with E-state index >= 15 is 0 Å². The normalized spacial score (nSPS) is 18.4. The molecule has 0 spiro atoms. The van der Waals surface area contributed by atoms with Gasteiger partial charge >= 0.3 is 0 Å². The van der Waals surface area contributed by atoms with Gasteiger partial charge < -0.3 is 10.2 Å². The molecule has 1 aliphatic rings. The Morgan fingerprint density at radius 3 is 2.62 bits per heavy atom. The molecule has 0 radical (unpaired) electrons. The Balaban J connectivity index is 1.75. The summed E-state index contributed by atoms with van der Waals surface area (Å²) in [6.07, 6.45) is 2.86. The van der Waals surface area contributed by atoms with Gasteiger partial charge in [-0.05, 0) is 49.9 Å². The Hall–Kier alpha value is -1.84. The average molecular weight is 288 g/mol.